The van der Waals surface area contributed by atoms with Crippen LogP contribution in [0.25, 0.3) is 0 Å². The summed E-state index contributed by atoms with van der Waals surface area (Å²) in [6, 6.07) is 0.378. The normalized spacial score (nSPS) is 26.9. The van der Waals surface area contributed by atoms with Crippen molar-refractivity contribution in [3.63, 3.8) is 0 Å². The van der Waals surface area contributed by atoms with E-state index in [1.54, 1.807) is 0 Å². The van der Waals surface area contributed by atoms with Crippen molar-refractivity contribution in [1.29, 1.82) is 0 Å². The number of nitrogens with one attached hydrogen (secondary N) is 1. The zero-order valence-electron chi connectivity index (χ0n) is 8.29. The summed E-state index contributed by atoms with van der Waals surface area (Å²) in [5.41, 5.74) is -0.776. The molecular formula is C10H17NO3. The number of hydrogen-bond donors (Lipinski definition) is 2. The molecule has 2 fully saturated rings. The quantitative estimate of drug-likeness (QED) is 0.704. The van der Waals surface area contributed by atoms with Crippen LogP contribution < -0.4 is 5.32 Å². The second-order valence-corrected chi connectivity index (χ2v) is 4.36. The predicted molar refractivity (Wildman–Crippen MR) is 51.2 cm³/mol. The lowest BCUT2D eigenvalue weighted by atomic mass is 9.90. The molecule has 1 saturated carbocycles. The molecule has 2 rings (SSSR count). The van der Waals surface area contributed by atoms with Crippen LogP contribution in [-0.2, 0) is 9.53 Å². The van der Waals surface area contributed by atoms with E-state index < -0.39 is 11.5 Å². The van der Waals surface area contributed by atoms with Gasteiger partial charge in [0.05, 0.1) is 13.2 Å². The summed E-state index contributed by atoms with van der Waals surface area (Å²) < 4.78 is 5.00. The average molecular weight is 199 g/mol. The van der Waals surface area contributed by atoms with Gasteiger partial charge >= 0.3 is 5.97 Å². The van der Waals surface area contributed by atoms with Gasteiger partial charge in [0.1, 0.15) is 0 Å². The van der Waals surface area contributed by atoms with Crippen LogP contribution in [0.5, 0.6) is 0 Å². The molecule has 0 atom stereocenters. The predicted octanol–water partition coefficient (Wildman–Crippen LogP) is 0.762. The van der Waals surface area contributed by atoms with Gasteiger partial charge in [-0.1, -0.05) is 19.3 Å². The molecule has 0 amide bonds. The minimum absolute atomic E-state index is 0.318. The molecule has 0 unspecified atom stereocenters. The Kier molecular flexibility index (Phi) is 2.74. The number of carbonyl (C=O) groups is 1. The first-order valence-electron chi connectivity index (χ1n) is 5.32. The minimum Gasteiger partial charge on any atom is -0.480 e. The second-order valence-electron chi connectivity index (χ2n) is 4.36. The Bertz CT molecular complexity index is 219. The fourth-order valence-electron chi connectivity index (χ4n) is 2.21. The number of ether oxygens (including phenoxy) is 1. The molecule has 1 aliphatic heterocycles. The molecule has 2 aliphatic rings. The van der Waals surface area contributed by atoms with E-state index in [-0.39, 0.29) is 0 Å². The van der Waals surface area contributed by atoms with Gasteiger partial charge in [0, 0.05) is 6.04 Å². The van der Waals surface area contributed by atoms with Crippen LogP contribution in [0.2, 0.25) is 0 Å². The maximum Gasteiger partial charge on any atom is 0.328 e. The van der Waals surface area contributed by atoms with E-state index in [4.69, 9.17) is 9.84 Å². The molecule has 0 aromatic rings. The van der Waals surface area contributed by atoms with Crippen molar-refractivity contribution < 1.29 is 14.6 Å². The van der Waals surface area contributed by atoms with E-state index in [2.05, 4.69) is 5.32 Å². The number of hydrogen-bond acceptors (Lipinski definition) is 3. The Hall–Kier alpha value is -0.610. The Morgan fingerprint density at radius 2 is 1.93 bits per heavy atom. The highest BCUT2D eigenvalue weighted by molar-refractivity contribution is 5.80. The van der Waals surface area contributed by atoms with Crippen molar-refractivity contribution in [2.24, 2.45) is 0 Å². The van der Waals surface area contributed by atoms with Crippen LogP contribution in [0.4, 0.5) is 0 Å². The van der Waals surface area contributed by atoms with E-state index in [9.17, 15) is 4.79 Å². The van der Waals surface area contributed by atoms with Gasteiger partial charge < -0.3 is 9.84 Å². The molecule has 4 nitrogen and oxygen atoms in total. The monoisotopic (exact) mass is 199 g/mol. The average Bonchev–Trinajstić information content (AvgIpc) is 2.12. The second kappa shape index (κ2) is 3.87. The topological polar surface area (TPSA) is 58.6 Å². The lowest BCUT2D eigenvalue weighted by Gasteiger charge is -2.41. The third-order valence-corrected chi connectivity index (χ3v) is 3.19. The first-order chi connectivity index (χ1) is 6.73. The molecule has 0 spiro atoms. The molecule has 14 heavy (non-hydrogen) atoms. The highest BCUT2D eigenvalue weighted by Gasteiger charge is 2.47. The molecule has 0 bridgehead atoms. The highest BCUT2D eigenvalue weighted by Crippen LogP contribution is 2.24. The van der Waals surface area contributed by atoms with Crippen LogP contribution in [-0.4, -0.2) is 35.9 Å². The van der Waals surface area contributed by atoms with Crippen molar-refractivity contribution in [1.82, 2.24) is 5.32 Å². The Labute approximate surface area is 83.6 Å². The molecule has 1 aliphatic carbocycles. The summed E-state index contributed by atoms with van der Waals surface area (Å²) in [5, 5.41) is 12.3. The van der Waals surface area contributed by atoms with Crippen molar-refractivity contribution in [3.05, 3.63) is 0 Å². The molecule has 80 valence electrons. The smallest absolute Gasteiger partial charge is 0.328 e. The minimum atomic E-state index is -0.776. The van der Waals surface area contributed by atoms with Crippen molar-refractivity contribution in [2.45, 2.75) is 43.7 Å². The van der Waals surface area contributed by atoms with Gasteiger partial charge in [-0.2, -0.15) is 0 Å². The Morgan fingerprint density at radius 3 is 2.36 bits per heavy atom. The number of aliphatic carboxylic acids is 1. The van der Waals surface area contributed by atoms with Gasteiger partial charge in [-0.3, -0.25) is 10.1 Å². The molecule has 0 aromatic carbocycles. The maximum absolute atomic E-state index is 11.0. The molecule has 1 heterocycles. The van der Waals surface area contributed by atoms with Crippen LogP contribution in [0.3, 0.4) is 0 Å². The summed E-state index contributed by atoms with van der Waals surface area (Å²) in [4.78, 5) is 11.0. The SMILES string of the molecule is O=C(O)C1(NC2CCCCC2)COC1. The highest BCUT2D eigenvalue weighted by atomic mass is 16.5. The van der Waals surface area contributed by atoms with E-state index >= 15 is 0 Å². The van der Waals surface area contributed by atoms with Gasteiger partial charge in [-0.05, 0) is 12.8 Å². The van der Waals surface area contributed by atoms with Gasteiger partial charge in [0.25, 0.3) is 0 Å². The van der Waals surface area contributed by atoms with Gasteiger partial charge in [0.2, 0.25) is 0 Å². The largest absolute Gasteiger partial charge is 0.480 e. The van der Waals surface area contributed by atoms with Crippen LogP contribution in [0, 0.1) is 0 Å². The van der Waals surface area contributed by atoms with Crippen LogP contribution >= 0.6 is 0 Å². The summed E-state index contributed by atoms with van der Waals surface area (Å²) >= 11 is 0. The van der Waals surface area contributed by atoms with Crippen LogP contribution in [0.15, 0.2) is 0 Å². The molecule has 0 radical (unpaired) electrons. The zero-order valence-corrected chi connectivity index (χ0v) is 8.29. The Morgan fingerprint density at radius 1 is 1.29 bits per heavy atom. The third kappa shape index (κ3) is 1.77. The van der Waals surface area contributed by atoms with E-state index in [1.807, 2.05) is 0 Å². The van der Waals surface area contributed by atoms with E-state index in [0.29, 0.717) is 19.3 Å². The first kappa shape index (κ1) is 9.93. The summed E-state index contributed by atoms with van der Waals surface area (Å²) in [5.74, 6) is -0.769. The number of rotatable bonds is 3. The fourth-order valence-corrected chi connectivity index (χ4v) is 2.21. The summed E-state index contributed by atoms with van der Waals surface area (Å²) in [6.07, 6.45) is 5.93. The lowest BCUT2D eigenvalue weighted by molar-refractivity contribution is -0.167. The lowest BCUT2D eigenvalue weighted by Crippen LogP contribution is -2.68. The van der Waals surface area contributed by atoms with Gasteiger partial charge in [-0.25, -0.2) is 0 Å². The van der Waals surface area contributed by atoms with E-state index in [0.717, 1.165) is 12.8 Å². The molecule has 4 heteroatoms. The summed E-state index contributed by atoms with van der Waals surface area (Å²) in [6.45, 7) is 0.637. The zero-order chi connectivity index (χ0) is 10.0. The van der Waals surface area contributed by atoms with Gasteiger partial charge in [0.15, 0.2) is 5.54 Å². The standard InChI is InChI=1S/C10H17NO3/c12-9(13)10(6-14-7-10)11-8-4-2-1-3-5-8/h8,11H,1-7H2,(H,12,13). The third-order valence-electron chi connectivity index (χ3n) is 3.19. The molecule has 0 aromatic heterocycles. The van der Waals surface area contributed by atoms with Crippen molar-refractivity contribution in [2.75, 3.05) is 13.2 Å². The van der Waals surface area contributed by atoms with Crippen LogP contribution in [0.1, 0.15) is 32.1 Å². The molecule has 2 N–H and O–H groups in total. The number of carboxylic acids is 1. The molecular weight excluding hydrogens is 182 g/mol. The molecule has 1 saturated heterocycles. The van der Waals surface area contributed by atoms with Gasteiger partial charge in [-0.15, -0.1) is 0 Å². The summed E-state index contributed by atoms with van der Waals surface area (Å²) in [7, 11) is 0. The van der Waals surface area contributed by atoms with Crippen molar-refractivity contribution >= 4 is 5.97 Å². The Balaban J connectivity index is 1.90. The fraction of sp³-hybridized carbons (Fsp3) is 0.900. The van der Waals surface area contributed by atoms with Crippen molar-refractivity contribution in [3.8, 4) is 0 Å². The first-order valence-corrected chi connectivity index (χ1v) is 5.32. The van der Waals surface area contributed by atoms with E-state index in [1.165, 1.54) is 19.3 Å². The number of carboxylic acid groups (broad SMARTS) is 1. The maximum atomic E-state index is 11.0.